The summed E-state index contributed by atoms with van der Waals surface area (Å²) in [4.78, 5) is 33.7. The van der Waals surface area contributed by atoms with E-state index in [0.29, 0.717) is 6.42 Å². The van der Waals surface area contributed by atoms with Crippen molar-refractivity contribution in [2.45, 2.75) is 25.8 Å². The van der Waals surface area contributed by atoms with Gasteiger partial charge in [0.1, 0.15) is 0 Å². The number of aromatic carboxylic acids is 1. The Morgan fingerprint density at radius 3 is 2.06 bits per heavy atom. The number of hydrogen-bond donors (Lipinski definition) is 6. The molecule has 3 aromatic rings. The zero-order chi connectivity index (χ0) is 24.4. The maximum Gasteiger partial charge on any atom is 0.358 e. The van der Waals surface area contributed by atoms with Crippen molar-refractivity contribution in [1.29, 1.82) is 0 Å². The topological polar surface area (TPSA) is 207 Å². The Balaban J connectivity index is 0.000000405. The van der Waals surface area contributed by atoms with Gasteiger partial charge in [-0.05, 0) is 37.5 Å². The second-order valence-electron chi connectivity index (χ2n) is 7.24. The van der Waals surface area contributed by atoms with E-state index < -0.39 is 35.9 Å². The number of rotatable bonds is 9. The molecule has 0 bridgehead atoms. The van der Waals surface area contributed by atoms with Crippen LogP contribution in [-0.4, -0.2) is 76.6 Å². The summed E-state index contributed by atoms with van der Waals surface area (Å²) in [5, 5.41) is 48.2. The van der Waals surface area contributed by atoms with Crippen molar-refractivity contribution < 1.29 is 29.7 Å². The van der Waals surface area contributed by atoms with Crippen LogP contribution in [0.2, 0.25) is 0 Å². The van der Waals surface area contributed by atoms with Gasteiger partial charge in [0, 0.05) is 10.5 Å². The lowest BCUT2D eigenvalue weighted by molar-refractivity contribution is -0.151. The number of nitrogens with zero attached hydrogens (tertiary/aromatic N) is 4. The van der Waals surface area contributed by atoms with Crippen LogP contribution >= 0.6 is 15.9 Å². The van der Waals surface area contributed by atoms with Gasteiger partial charge in [-0.25, -0.2) is 4.79 Å². The van der Waals surface area contributed by atoms with E-state index in [1.807, 2.05) is 24.3 Å². The summed E-state index contributed by atoms with van der Waals surface area (Å²) >= 11 is 3.36. The Hall–Kier alpha value is -3.65. The number of nitrogens with one attached hydrogen (secondary N) is 3. The highest BCUT2D eigenvalue weighted by molar-refractivity contribution is 9.10. The van der Waals surface area contributed by atoms with Gasteiger partial charge in [-0.2, -0.15) is 25.7 Å². The lowest BCUT2D eigenvalue weighted by Gasteiger charge is -2.28. The number of aromatic nitrogens is 6. The molecule has 2 aromatic heterocycles. The van der Waals surface area contributed by atoms with Crippen molar-refractivity contribution in [3.8, 4) is 0 Å². The van der Waals surface area contributed by atoms with Gasteiger partial charge >= 0.3 is 11.9 Å². The van der Waals surface area contributed by atoms with Crippen molar-refractivity contribution in [3.63, 3.8) is 0 Å². The van der Waals surface area contributed by atoms with Gasteiger partial charge in [0.2, 0.25) is 0 Å². The highest BCUT2D eigenvalue weighted by Gasteiger charge is 2.36. The predicted octanol–water partition coefficient (Wildman–Crippen LogP) is 0.884. The van der Waals surface area contributed by atoms with Crippen LogP contribution in [0, 0.1) is 5.41 Å². The highest BCUT2D eigenvalue weighted by atomic mass is 79.9. The number of carboxylic acids is 2. The van der Waals surface area contributed by atoms with Crippen LogP contribution in [0.4, 0.5) is 0 Å². The molecule has 0 spiro atoms. The van der Waals surface area contributed by atoms with E-state index in [4.69, 9.17) is 5.11 Å². The SMILES string of the molecule is C[C@@](CO)(C[C@@H](Cc1ccc(Br)cc1)NC(=O)c1cn[nH]n1)C(=O)O.O=C(O)c1cn[nH]n1. The molecule has 0 radical (unpaired) electrons. The third-order valence-corrected chi connectivity index (χ3v) is 5.10. The number of hydrogen-bond acceptors (Lipinski definition) is 8. The van der Waals surface area contributed by atoms with E-state index in [-0.39, 0.29) is 17.8 Å². The molecule has 0 unspecified atom stereocenters. The smallest absolute Gasteiger partial charge is 0.358 e. The first-order valence-corrected chi connectivity index (χ1v) is 10.3. The van der Waals surface area contributed by atoms with E-state index in [2.05, 4.69) is 52.1 Å². The van der Waals surface area contributed by atoms with E-state index in [1.165, 1.54) is 13.1 Å². The third kappa shape index (κ3) is 7.76. The van der Waals surface area contributed by atoms with Gasteiger partial charge in [0.15, 0.2) is 11.4 Å². The maximum absolute atomic E-state index is 12.3. The van der Waals surface area contributed by atoms with Crippen LogP contribution in [0.25, 0.3) is 0 Å². The molecule has 0 aliphatic carbocycles. The molecule has 6 N–H and O–H groups in total. The largest absolute Gasteiger partial charge is 0.481 e. The number of aromatic amines is 2. The number of halogens is 1. The molecule has 1 aromatic carbocycles. The number of aliphatic hydroxyl groups excluding tert-OH is 1. The van der Waals surface area contributed by atoms with Gasteiger partial charge in [0.05, 0.1) is 24.4 Å². The number of aliphatic hydroxyl groups is 1. The number of carbonyl (C=O) groups is 3. The normalized spacial score (nSPS) is 13.2. The molecule has 3 rings (SSSR count). The summed E-state index contributed by atoms with van der Waals surface area (Å²) in [6, 6.07) is 7.01. The first kappa shape index (κ1) is 25.6. The van der Waals surface area contributed by atoms with Crippen LogP contribution in [0.15, 0.2) is 41.1 Å². The molecule has 1 amide bonds. The molecule has 13 nitrogen and oxygen atoms in total. The fraction of sp³-hybridized carbons (Fsp3) is 0.316. The third-order valence-electron chi connectivity index (χ3n) is 4.57. The first-order chi connectivity index (χ1) is 15.6. The molecule has 0 aliphatic rings. The Kier molecular flexibility index (Phi) is 9.18. The van der Waals surface area contributed by atoms with E-state index >= 15 is 0 Å². The summed E-state index contributed by atoms with van der Waals surface area (Å²) in [6.45, 7) is 0.922. The summed E-state index contributed by atoms with van der Waals surface area (Å²) in [5.41, 5.74) is -0.386. The van der Waals surface area contributed by atoms with Gasteiger partial charge < -0.3 is 20.6 Å². The molecule has 33 heavy (non-hydrogen) atoms. The van der Waals surface area contributed by atoms with Crippen molar-refractivity contribution in [2.75, 3.05) is 6.61 Å². The number of aliphatic carboxylic acids is 1. The van der Waals surface area contributed by atoms with Gasteiger partial charge in [-0.15, -0.1) is 5.10 Å². The Morgan fingerprint density at radius 1 is 1.06 bits per heavy atom. The fourth-order valence-corrected chi connectivity index (χ4v) is 2.98. The van der Waals surface area contributed by atoms with Crippen LogP contribution in [0.5, 0.6) is 0 Å². The molecular weight excluding hydrogens is 502 g/mol. The number of amides is 1. The molecule has 0 saturated carbocycles. The Bertz CT molecular complexity index is 1040. The zero-order valence-electron chi connectivity index (χ0n) is 17.4. The minimum Gasteiger partial charge on any atom is -0.481 e. The van der Waals surface area contributed by atoms with Crippen molar-refractivity contribution in [1.82, 2.24) is 36.1 Å². The highest BCUT2D eigenvalue weighted by Crippen LogP contribution is 2.25. The van der Waals surface area contributed by atoms with Gasteiger partial charge in [-0.1, -0.05) is 28.1 Å². The average molecular weight is 524 g/mol. The summed E-state index contributed by atoms with van der Waals surface area (Å²) in [7, 11) is 0. The summed E-state index contributed by atoms with van der Waals surface area (Å²) in [5.74, 6) is -2.65. The monoisotopic (exact) mass is 523 g/mol. The standard InChI is InChI=1S/C16H19BrN4O4.C3H3N3O2/c1-16(9-22,15(24)25)7-12(6-10-2-4-11(17)5-3-10)19-14(23)13-8-18-21-20-13;7-3(8)2-1-4-6-5-2/h2-5,8,12,22H,6-7,9H2,1H3,(H,19,23)(H,24,25)(H,18,20,21);1H,(H,7,8)(H,4,5,6)/t12-,16+;/m1./s1. The van der Waals surface area contributed by atoms with Crippen LogP contribution < -0.4 is 5.32 Å². The lowest BCUT2D eigenvalue weighted by Crippen LogP contribution is -2.44. The molecule has 176 valence electrons. The van der Waals surface area contributed by atoms with Crippen molar-refractivity contribution >= 4 is 33.8 Å². The number of carbonyl (C=O) groups excluding carboxylic acids is 1. The molecule has 0 fully saturated rings. The minimum absolute atomic E-state index is 0.0648. The zero-order valence-corrected chi connectivity index (χ0v) is 19.0. The Morgan fingerprint density at radius 2 is 1.64 bits per heavy atom. The maximum atomic E-state index is 12.3. The second kappa shape index (κ2) is 11.8. The van der Waals surface area contributed by atoms with Crippen LogP contribution in [0.1, 0.15) is 39.9 Å². The molecular formula is C19H22BrN7O6. The fourth-order valence-electron chi connectivity index (χ4n) is 2.72. The van der Waals surface area contributed by atoms with E-state index in [1.54, 1.807) is 0 Å². The van der Waals surface area contributed by atoms with Gasteiger partial charge in [0.25, 0.3) is 5.91 Å². The predicted molar refractivity (Wildman–Crippen MR) is 116 cm³/mol. The molecule has 2 heterocycles. The molecule has 0 saturated heterocycles. The average Bonchev–Trinajstić information content (AvgIpc) is 3.50. The second-order valence-corrected chi connectivity index (χ2v) is 8.16. The Labute approximate surface area is 195 Å². The van der Waals surface area contributed by atoms with Crippen molar-refractivity contribution in [2.24, 2.45) is 5.41 Å². The summed E-state index contributed by atoms with van der Waals surface area (Å²) in [6.07, 6.45) is 2.91. The number of carboxylic acid groups (broad SMARTS) is 2. The molecule has 14 heteroatoms. The lowest BCUT2D eigenvalue weighted by atomic mass is 9.82. The number of H-pyrrole nitrogens is 2. The number of benzene rings is 1. The minimum atomic E-state index is -1.36. The summed E-state index contributed by atoms with van der Waals surface area (Å²) < 4.78 is 0.921. The van der Waals surface area contributed by atoms with E-state index in [9.17, 15) is 24.6 Å². The molecule has 0 aliphatic heterocycles. The first-order valence-electron chi connectivity index (χ1n) is 9.49. The van der Waals surface area contributed by atoms with Crippen LogP contribution in [0.3, 0.4) is 0 Å². The quantitative estimate of drug-likeness (QED) is 0.233. The van der Waals surface area contributed by atoms with E-state index in [0.717, 1.165) is 16.2 Å². The van der Waals surface area contributed by atoms with Crippen LogP contribution in [-0.2, 0) is 11.2 Å². The molecule has 2 atom stereocenters. The van der Waals surface area contributed by atoms with Gasteiger partial charge in [-0.3, -0.25) is 9.59 Å². The van der Waals surface area contributed by atoms with Crippen molar-refractivity contribution in [3.05, 3.63) is 58.1 Å².